The highest BCUT2D eigenvalue weighted by Crippen LogP contribution is 2.33. The maximum Gasteiger partial charge on any atom is 0.265 e. The Balaban J connectivity index is 1.40. The largest absolute Gasteiger partial charge is 0.485 e. The lowest BCUT2D eigenvalue weighted by Crippen LogP contribution is -2.45. The number of benzene rings is 2. The number of hydrogen-bond donors (Lipinski definition) is 1. The highest BCUT2D eigenvalue weighted by atomic mass is 16.5. The van der Waals surface area contributed by atoms with Gasteiger partial charge in [0.2, 0.25) is 5.91 Å². The minimum Gasteiger partial charge on any atom is -0.485 e. The van der Waals surface area contributed by atoms with Gasteiger partial charge in [-0.2, -0.15) is 0 Å². The Morgan fingerprint density at radius 2 is 1.94 bits per heavy atom. The summed E-state index contributed by atoms with van der Waals surface area (Å²) in [7, 11) is 0. The number of para-hydroxylation sites is 1. The molecule has 0 saturated heterocycles. The normalized spacial score (nSPS) is 12.5. The van der Waals surface area contributed by atoms with Crippen LogP contribution >= 0.6 is 0 Å². The maximum absolute atomic E-state index is 12.7. The molecule has 4 rings (SSSR count). The van der Waals surface area contributed by atoms with Crippen molar-refractivity contribution < 1.29 is 23.9 Å². The van der Waals surface area contributed by atoms with Gasteiger partial charge in [-0.25, -0.2) is 0 Å². The third-order valence-electron chi connectivity index (χ3n) is 5.41. The van der Waals surface area contributed by atoms with Crippen LogP contribution in [0.15, 0.2) is 66.9 Å². The van der Waals surface area contributed by atoms with E-state index in [2.05, 4.69) is 10.3 Å². The molecule has 0 atom stereocenters. The average molecular weight is 460 g/mol. The Hall–Kier alpha value is -4.20. The molecule has 1 aliphatic rings. The lowest BCUT2D eigenvalue weighted by Gasteiger charge is -2.29. The number of hydrogen-bond acceptors (Lipinski definition) is 6. The number of ketones is 1. The molecule has 2 heterocycles. The third-order valence-corrected chi connectivity index (χ3v) is 5.41. The van der Waals surface area contributed by atoms with Gasteiger partial charge < -0.3 is 14.8 Å². The monoisotopic (exact) mass is 459 g/mol. The zero-order valence-corrected chi connectivity index (χ0v) is 18.8. The van der Waals surface area contributed by atoms with Crippen molar-refractivity contribution in [3.8, 4) is 11.5 Å². The Morgan fingerprint density at radius 1 is 1.12 bits per heavy atom. The smallest absolute Gasteiger partial charge is 0.265 e. The molecule has 0 aliphatic carbocycles. The van der Waals surface area contributed by atoms with Gasteiger partial charge in [-0.3, -0.25) is 24.3 Å². The van der Waals surface area contributed by atoms with Crippen LogP contribution in [0.4, 0.5) is 5.69 Å². The fourth-order valence-corrected chi connectivity index (χ4v) is 3.57. The van der Waals surface area contributed by atoms with Crippen LogP contribution < -0.4 is 19.7 Å². The van der Waals surface area contributed by atoms with E-state index in [0.29, 0.717) is 35.7 Å². The quantitative estimate of drug-likeness (QED) is 0.494. The standard InChI is InChI=1S/C26H25N3O5/c1-18-6-2-3-8-23(18)33-16-22(30)19-9-10-24-21(14-19)29(26(32)17-34-24)15-25(31)28-13-11-20-7-4-5-12-27-20/h2-10,12,14H,11,13,15-17H2,1H3,(H,28,31). The predicted octanol–water partition coefficient (Wildman–Crippen LogP) is 2.74. The maximum atomic E-state index is 12.7. The summed E-state index contributed by atoms with van der Waals surface area (Å²) < 4.78 is 11.2. The molecule has 0 fully saturated rings. The van der Waals surface area contributed by atoms with E-state index in [9.17, 15) is 14.4 Å². The second kappa shape index (κ2) is 10.6. The van der Waals surface area contributed by atoms with Crippen LogP contribution in [0.25, 0.3) is 0 Å². The molecule has 0 unspecified atom stereocenters. The van der Waals surface area contributed by atoms with Gasteiger partial charge in [0.1, 0.15) is 18.0 Å². The highest BCUT2D eigenvalue weighted by molar-refractivity contribution is 6.04. The fraction of sp³-hybridized carbons (Fsp3) is 0.231. The van der Waals surface area contributed by atoms with E-state index < -0.39 is 0 Å². The first-order valence-electron chi connectivity index (χ1n) is 11.0. The van der Waals surface area contributed by atoms with Gasteiger partial charge in [-0.15, -0.1) is 0 Å². The lowest BCUT2D eigenvalue weighted by molar-refractivity contribution is -0.125. The summed E-state index contributed by atoms with van der Waals surface area (Å²) in [5, 5.41) is 2.81. The van der Waals surface area contributed by atoms with Crippen molar-refractivity contribution >= 4 is 23.3 Å². The Labute approximate surface area is 197 Å². The molecule has 1 aromatic heterocycles. The molecule has 174 valence electrons. The molecule has 8 heteroatoms. The number of nitrogens with one attached hydrogen (secondary N) is 1. The van der Waals surface area contributed by atoms with Crippen molar-refractivity contribution in [1.82, 2.24) is 10.3 Å². The van der Waals surface area contributed by atoms with E-state index in [1.807, 2.05) is 43.3 Å². The number of rotatable bonds is 9. The predicted molar refractivity (Wildman–Crippen MR) is 126 cm³/mol. The Kier molecular flexibility index (Phi) is 7.17. The average Bonchev–Trinajstić information content (AvgIpc) is 2.85. The van der Waals surface area contributed by atoms with Gasteiger partial charge >= 0.3 is 0 Å². The molecule has 8 nitrogen and oxygen atoms in total. The van der Waals surface area contributed by atoms with Crippen LogP contribution in [0.3, 0.4) is 0 Å². The molecule has 2 aromatic carbocycles. The first-order valence-corrected chi connectivity index (χ1v) is 11.0. The van der Waals surface area contributed by atoms with Crippen LogP contribution in [0, 0.1) is 6.92 Å². The van der Waals surface area contributed by atoms with Crippen molar-refractivity contribution in [1.29, 1.82) is 0 Å². The van der Waals surface area contributed by atoms with Crippen molar-refractivity contribution in [2.24, 2.45) is 0 Å². The second-order valence-electron chi connectivity index (χ2n) is 7.85. The molecule has 3 aromatic rings. The zero-order chi connectivity index (χ0) is 23.9. The molecule has 34 heavy (non-hydrogen) atoms. The van der Waals surface area contributed by atoms with Gasteiger partial charge in [0, 0.05) is 30.4 Å². The summed E-state index contributed by atoms with van der Waals surface area (Å²) in [4.78, 5) is 43.3. The number of carbonyl (C=O) groups is 3. The second-order valence-corrected chi connectivity index (χ2v) is 7.85. The van der Waals surface area contributed by atoms with Crippen LogP contribution in [0.5, 0.6) is 11.5 Å². The topological polar surface area (TPSA) is 97.8 Å². The Bertz CT molecular complexity index is 1200. The van der Waals surface area contributed by atoms with Gasteiger partial charge in [-0.1, -0.05) is 24.3 Å². The lowest BCUT2D eigenvalue weighted by atomic mass is 10.1. The summed E-state index contributed by atoms with van der Waals surface area (Å²) in [6, 6.07) is 17.9. The van der Waals surface area contributed by atoms with Crippen molar-refractivity contribution in [3.05, 3.63) is 83.7 Å². The summed E-state index contributed by atoms with van der Waals surface area (Å²) in [6.07, 6.45) is 2.28. The van der Waals surface area contributed by atoms with Gasteiger partial charge in [0.05, 0.1) is 5.69 Å². The summed E-state index contributed by atoms with van der Waals surface area (Å²) in [5.41, 5.74) is 2.55. The first-order chi connectivity index (χ1) is 16.5. The van der Waals surface area contributed by atoms with Crippen molar-refractivity contribution in [2.75, 3.05) is 31.2 Å². The van der Waals surface area contributed by atoms with Gasteiger partial charge in [-0.05, 0) is 48.9 Å². The molecule has 1 N–H and O–H groups in total. The number of nitrogens with zero attached hydrogens (tertiary/aromatic N) is 2. The van der Waals surface area contributed by atoms with E-state index in [-0.39, 0.29) is 37.4 Å². The number of carbonyl (C=O) groups excluding carboxylic acids is 3. The van der Waals surface area contributed by atoms with E-state index in [1.54, 1.807) is 30.5 Å². The van der Waals surface area contributed by atoms with Crippen LogP contribution in [-0.2, 0) is 16.0 Å². The van der Waals surface area contributed by atoms with Gasteiger partial charge in [0.25, 0.3) is 5.91 Å². The number of aromatic nitrogens is 1. The number of Topliss-reactive ketones (excluding diaryl/α,β-unsaturated/α-hetero) is 1. The van der Waals surface area contributed by atoms with Crippen LogP contribution in [0.1, 0.15) is 21.6 Å². The molecule has 0 bridgehead atoms. The van der Waals surface area contributed by atoms with E-state index in [4.69, 9.17) is 9.47 Å². The first kappa shape index (κ1) is 23.0. The minimum atomic E-state index is -0.354. The molecular weight excluding hydrogens is 434 g/mol. The molecule has 1 aliphatic heterocycles. The fourth-order valence-electron chi connectivity index (χ4n) is 3.57. The van der Waals surface area contributed by atoms with E-state index >= 15 is 0 Å². The number of pyridine rings is 1. The third kappa shape index (κ3) is 5.58. The number of amides is 2. The highest BCUT2D eigenvalue weighted by Gasteiger charge is 2.28. The number of anilines is 1. The number of ether oxygens (including phenoxy) is 2. The molecular formula is C26H25N3O5. The van der Waals surface area contributed by atoms with Gasteiger partial charge in [0.15, 0.2) is 19.0 Å². The van der Waals surface area contributed by atoms with E-state index in [0.717, 1.165) is 11.3 Å². The molecule has 0 spiro atoms. The summed E-state index contributed by atoms with van der Waals surface area (Å²) >= 11 is 0. The van der Waals surface area contributed by atoms with Crippen LogP contribution in [-0.4, -0.2) is 48.9 Å². The number of aryl methyl sites for hydroxylation is 1. The Morgan fingerprint density at radius 3 is 2.74 bits per heavy atom. The zero-order valence-electron chi connectivity index (χ0n) is 18.8. The van der Waals surface area contributed by atoms with Crippen molar-refractivity contribution in [3.63, 3.8) is 0 Å². The van der Waals surface area contributed by atoms with Crippen molar-refractivity contribution in [2.45, 2.75) is 13.3 Å². The van der Waals surface area contributed by atoms with E-state index in [1.165, 1.54) is 4.90 Å². The molecule has 2 amide bonds. The molecule has 0 radical (unpaired) electrons. The molecule has 0 saturated carbocycles. The minimum absolute atomic E-state index is 0.146. The summed E-state index contributed by atoms with van der Waals surface area (Å²) in [6.45, 7) is 1.82. The number of fused-ring (bicyclic) bond motifs is 1. The SMILES string of the molecule is Cc1ccccc1OCC(=O)c1ccc2c(c1)N(CC(=O)NCCc1ccccn1)C(=O)CO2. The van der Waals surface area contributed by atoms with Crippen LogP contribution in [0.2, 0.25) is 0 Å². The summed E-state index contributed by atoms with van der Waals surface area (Å²) in [5.74, 6) is 0.169.